The lowest BCUT2D eigenvalue weighted by molar-refractivity contribution is -0.138. The van der Waals surface area contributed by atoms with E-state index in [1.807, 2.05) is 0 Å². The molecule has 2 unspecified atom stereocenters. The molecule has 2 atom stereocenters. The molecule has 7 heteroatoms. The van der Waals surface area contributed by atoms with Crippen LogP contribution in [0.3, 0.4) is 0 Å². The predicted octanol–water partition coefficient (Wildman–Crippen LogP) is 0.298. The van der Waals surface area contributed by atoms with E-state index in [4.69, 9.17) is 14.6 Å². The van der Waals surface area contributed by atoms with Crippen molar-refractivity contribution in [3.63, 3.8) is 0 Å². The normalized spacial score (nSPS) is 29.6. The van der Waals surface area contributed by atoms with E-state index in [0.29, 0.717) is 32.8 Å². The molecule has 7 nitrogen and oxygen atoms in total. The van der Waals surface area contributed by atoms with Crippen molar-refractivity contribution in [1.82, 2.24) is 10.2 Å². The van der Waals surface area contributed by atoms with Crippen LogP contribution in [0.5, 0.6) is 0 Å². The molecule has 2 saturated heterocycles. The van der Waals surface area contributed by atoms with Crippen LogP contribution < -0.4 is 5.32 Å². The minimum absolute atomic E-state index is 0.0597. The zero-order valence-corrected chi connectivity index (χ0v) is 11.8. The quantitative estimate of drug-likeness (QED) is 0.759. The van der Waals surface area contributed by atoms with Gasteiger partial charge in [0.1, 0.15) is 5.60 Å². The number of rotatable bonds is 5. The molecule has 2 amide bonds. The molecule has 2 fully saturated rings. The van der Waals surface area contributed by atoms with Gasteiger partial charge in [-0.1, -0.05) is 0 Å². The highest BCUT2D eigenvalue weighted by Gasteiger charge is 2.36. The lowest BCUT2D eigenvalue weighted by Gasteiger charge is -2.27. The molecule has 2 N–H and O–H groups in total. The Morgan fingerprint density at radius 1 is 1.55 bits per heavy atom. The molecular weight excluding hydrogens is 264 g/mol. The summed E-state index contributed by atoms with van der Waals surface area (Å²) in [6, 6.07) is -0.152. The van der Waals surface area contributed by atoms with E-state index >= 15 is 0 Å². The summed E-state index contributed by atoms with van der Waals surface area (Å²) >= 11 is 0. The first kappa shape index (κ1) is 15.1. The number of nitrogens with one attached hydrogen (secondary N) is 1. The molecule has 0 aromatic heterocycles. The molecule has 114 valence electrons. The largest absolute Gasteiger partial charge is 0.481 e. The SMILES string of the molecule is COC1(CNC(=O)N2CCC(CC(=O)O)C2)CCOC1. The second-order valence-electron chi connectivity index (χ2n) is 5.55. The Balaban J connectivity index is 1.76. The topological polar surface area (TPSA) is 88.1 Å². The lowest BCUT2D eigenvalue weighted by Crippen LogP contribution is -2.48. The minimum Gasteiger partial charge on any atom is -0.481 e. The molecular formula is C13H22N2O5. The second kappa shape index (κ2) is 6.41. The van der Waals surface area contributed by atoms with Crippen LogP contribution in [0.4, 0.5) is 4.79 Å². The highest BCUT2D eigenvalue weighted by molar-refractivity contribution is 5.75. The summed E-state index contributed by atoms with van der Waals surface area (Å²) in [5, 5.41) is 11.6. The fourth-order valence-electron chi connectivity index (χ4n) is 2.74. The predicted molar refractivity (Wildman–Crippen MR) is 70.5 cm³/mol. The maximum absolute atomic E-state index is 12.1. The van der Waals surface area contributed by atoms with Gasteiger partial charge in [0.15, 0.2) is 0 Å². The Labute approximate surface area is 118 Å². The number of aliphatic carboxylic acids is 1. The molecule has 0 saturated carbocycles. The summed E-state index contributed by atoms with van der Waals surface area (Å²) in [4.78, 5) is 24.4. The molecule has 20 heavy (non-hydrogen) atoms. The van der Waals surface area contributed by atoms with E-state index in [-0.39, 0.29) is 18.4 Å². The van der Waals surface area contributed by atoms with Crippen LogP contribution in [0.25, 0.3) is 0 Å². The van der Waals surface area contributed by atoms with Crippen LogP contribution in [-0.4, -0.2) is 67.6 Å². The van der Waals surface area contributed by atoms with Gasteiger partial charge in [0, 0.05) is 39.6 Å². The average molecular weight is 286 g/mol. The van der Waals surface area contributed by atoms with Crippen LogP contribution >= 0.6 is 0 Å². The first-order chi connectivity index (χ1) is 9.54. The first-order valence-corrected chi connectivity index (χ1v) is 6.92. The number of hydrogen-bond donors (Lipinski definition) is 2. The van der Waals surface area contributed by atoms with Crippen LogP contribution in [0.15, 0.2) is 0 Å². The van der Waals surface area contributed by atoms with E-state index in [9.17, 15) is 9.59 Å². The smallest absolute Gasteiger partial charge is 0.317 e. The average Bonchev–Trinajstić information content (AvgIpc) is 3.05. The molecule has 0 radical (unpaired) electrons. The number of likely N-dealkylation sites (tertiary alicyclic amines) is 1. The number of carbonyl (C=O) groups excluding carboxylic acids is 1. The Bertz CT molecular complexity index is 368. The number of nitrogens with zero attached hydrogens (tertiary/aromatic N) is 1. The van der Waals surface area contributed by atoms with Crippen molar-refractivity contribution in [1.29, 1.82) is 0 Å². The Morgan fingerprint density at radius 2 is 2.35 bits per heavy atom. The highest BCUT2D eigenvalue weighted by Crippen LogP contribution is 2.22. The summed E-state index contributed by atoms with van der Waals surface area (Å²) < 4.78 is 10.8. The van der Waals surface area contributed by atoms with E-state index < -0.39 is 11.6 Å². The van der Waals surface area contributed by atoms with Gasteiger partial charge in [-0.3, -0.25) is 4.79 Å². The summed E-state index contributed by atoms with van der Waals surface area (Å²) in [7, 11) is 1.62. The molecule has 2 rings (SSSR count). The number of ether oxygens (including phenoxy) is 2. The molecule has 0 spiro atoms. The van der Waals surface area contributed by atoms with Crippen molar-refractivity contribution in [3.05, 3.63) is 0 Å². The molecule has 2 aliphatic heterocycles. The van der Waals surface area contributed by atoms with E-state index in [0.717, 1.165) is 12.8 Å². The number of carbonyl (C=O) groups is 2. The number of urea groups is 1. The molecule has 0 aromatic rings. The first-order valence-electron chi connectivity index (χ1n) is 6.92. The van der Waals surface area contributed by atoms with Crippen LogP contribution in [0.1, 0.15) is 19.3 Å². The van der Waals surface area contributed by atoms with Crippen LogP contribution in [0, 0.1) is 5.92 Å². The van der Waals surface area contributed by atoms with Crippen molar-refractivity contribution in [2.45, 2.75) is 24.9 Å². The molecule has 0 aliphatic carbocycles. The van der Waals surface area contributed by atoms with Gasteiger partial charge in [-0.05, 0) is 12.3 Å². The molecule has 2 aliphatic rings. The Kier molecular flexibility index (Phi) is 4.82. The molecule has 2 heterocycles. The fourth-order valence-corrected chi connectivity index (χ4v) is 2.74. The van der Waals surface area contributed by atoms with Gasteiger partial charge in [-0.2, -0.15) is 0 Å². The highest BCUT2D eigenvalue weighted by atomic mass is 16.5. The Hall–Kier alpha value is -1.34. The van der Waals surface area contributed by atoms with E-state index in [2.05, 4.69) is 5.32 Å². The number of methoxy groups -OCH3 is 1. The van der Waals surface area contributed by atoms with Crippen molar-refractivity contribution < 1.29 is 24.2 Å². The number of carboxylic acids is 1. The third-order valence-corrected chi connectivity index (χ3v) is 4.10. The summed E-state index contributed by atoms with van der Waals surface area (Å²) in [6.07, 6.45) is 1.64. The maximum atomic E-state index is 12.1. The van der Waals surface area contributed by atoms with Gasteiger partial charge >= 0.3 is 12.0 Å². The van der Waals surface area contributed by atoms with Crippen molar-refractivity contribution in [2.24, 2.45) is 5.92 Å². The number of carboxylic acid groups (broad SMARTS) is 1. The second-order valence-corrected chi connectivity index (χ2v) is 5.55. The van der Waals surface area contributed by atoms with E-state index in [1.165, 1.54) is 0 Å². The maximum Gasteiger partial charge on any atom is 0.317 e. The van der Waals surface area contributed by atoms with Gasteiger partial charge in [0.05, 0.1) is 13.2 Å². The third-order valence-electron chi connectivity index (χ3n) is 4.10. The zero-order valence-electron chi connectivity index (χ0n) is 11.8. The van der Waals surface area contributed by atoms with Gasteiger partial charge in [0.2, 0.25) is 0 Å². The number of hydrogen-bond acceptors (Lipinski definition) is 4. The van der Waals surface area contributed by atoms with Gasteiger partial charge in [-0.25, -0.2) is 4.79 Å². The third kappa shape index (κ3) is 3.61. The van der Waals surface area contributed by atoms with Crippen molar-refractivity contribution in [2.75, 3.05) is 40.0 Å². The van der Waals surface area contributed by atoms with Gasteiger partial charge in [-0.15, -0.1) is 0 Å². The standard InChI is InChI=1S/C13H22N2O5/c1-19-13(3-5-20-9-13)8-14-12(18)15-4-2-10(7-15)6-11(16)17/h10H,2-9H2,1H3,(H,14,18)(H,16,17). The van der Waals surface area contributed by atoms with Crippen molar-refractivity contribution >= 4 is 12.0 Å². The lowest BCUT2D eigenvalue weighted by atomic mass is 10.0. The monoisotopic (exact) mass is 286 g/mol. The van der Waals surface area contributed by atoms with Gasteiger partial charge in [0.25, 0.3) is 0 Å². The summed E-state index contributed by atoms with van der Waals surface area (Å²) in [6.45, 7) is 2.68. The summed E-state index contributed by atoms with van der Waals surface area (Å²) in [5.41, 5.74) is -0.421. The Morgan fingerprint density at radius 3 is 2.95 bits per heavy atom. The summed E-state index contributed by atoms with van der Waals surface area (Å²) in [5.74, 6) is -0.747. The van der Waals surface area contributed by atoms with E-state index in [1.54, 1.807) is 12.0 Å². The number of amides is 2. The van der Waals surface area contributed by atoms with Crippen molar-refractivity contribution in [3.8, 4) is 0 Å². The molecule has 0 aromatic carbocycles. The van der Waals surface area contributed by atoms with Crippen LogP contribution in [0.2, 0.25) is 0 Å². The zero-order chi connectivity index (χ0) is 14.6. The van der Waals surface area contributed by atoms with Crippen LogP contribution in [-0.2, 0) is 14.3 Å². The molecule has 0 bridgehead atoms. The fraction of sp³-hybridized carbons (Fsp3) is 0.846. The van der Waals surface area contributed by atoms with Gasteiger partial charge < -0.3 is 24.8 Å². The minimum atomic E-state index is -0.807.